The first-order chi connectivity index (χ1) is 13.7. The van der Waals surface area contributed by atoms with Gasteiger partial charge in [-0.3, -0.25) is 9.89 Å². The number of guanidine groups is 1. The summed E-state index contributed by atoms with van der Waals surface area (Å²) in [7, 11) is 1.91. The van der Waals surface area contributed by atoms with Crippen LogP contribution in [-0.4, -0.2) is 68.7 Å². The number of nitrogens with one attached hydrogen (secondary N) is 1. The van der Waals surface area contributed by atoms with Gasteiger partial charge in [-0.15, -0.1) is 24.0 Å². The summed E-state index contributed by atoms with van der Waals surface area (Å²) in [4.78, 5) is 9.51. The fourth-order valence-corrected chi connectivity index (χ4v) is 5.07. The van der Waals surface area contributed by atoms with Crippen molar-refractivity contribution in [2.24, 2.45) is 16.3 Å². The molecule has 0 radical (unpaired) electrons. The van der Waals surface area contributed by atoms with Gasteiger partial charge in [0.25, 0.3) is 0 Å². The average Bonchev–Trinajstić information content (AvgIpc) is 3.35. The Labute approximate surface area is 197 Å². The molecular weight excluding hydrogens is 499 g/mol. The smallest absolute Gasteiger partial charge is 0.193 e. The van der Waals surface area contributed by atoms with Gasteiger partial charge in [0.2, 0.25) is 0 Å². The van der Waals surface area contributed by atoms with Crippen LogP contribution in [0.3, 0.4) is 0 Å². The zero-order valence-corrected chi connectivity index (χ0v) is 20.5. The lowest BCUT2D eigenvalue weighted by molar-refractivity contribution is 0.156. The lowest BCUT2D eigenvalue weighted by Gasteiger charge is -2.33. The van der Waals surface area contributed by atoms with Crippen LogP contribution in [-0.2, 0) is 11.3 Å². The monoisotopic (exact) mass is 532 g/mol. The molecular formula is C22H34ClIN4O. The number of hydrogen-bond acceptors (Lipinski definition) is 3. The van der Waals surface area contributed by atoms with Gasteiger partial charge in [-0.25, -0.2) is 0 Å². The molecule has 1 aromatic carbocycles. The second-order valence-corrected chi connectivity index (χ2v) is 9.12. The molecule has 1 aromatic rings. The van der Waals surface area contributed by atoms with E-state index in [1.54, 1.807) is 0 Å². The average molecular weight is 533 g/mol. The lowest BCUT2D eigenvalue weighted by Crippen LogP contribution is -2.44. The van der Waals surface area contributed by atoms with E-state index in [1.807, 2.05) is 19.2 Å². The highest BCUT2D eigenvalue weighted by molar-refractivity contribution is 14.0. The summed E-state index contributed by atoms with van der Waals surface area (Å²) in [6.07, 6.45) is 4.89. The molecule has 1 atom stereocenters. The molecule has 3 heterocycles. The Hall–Kier alpha value is -0.570. The van der Waals surface area contributed by atoms with Crippen LogP contribution in [0.25, 0.3) is 0 Å². The Morgan fingerprint density at radius 3 is 2.72 bits per heavy atom. The van der Waals surface area contributed by atoms with Crippen molar-refractivity contribution in [3.63, 3.8) is 0 Å². The molecule has 0 aliphatic carbocycles. The normalized spacial score (nSPS) is 26.1. The Kier molecular flexibility index (Phi) is 8.48. The molecule has 0 bridgehead atoms. The molecule has 3 fully saturated rings. The van der Waals surface area contributed by atoms with E-state index in [2.05, 4.69) is 32.2 Å². The van der Waals surface area contributed by atoms with Crippen LogP contribution >= 0.6 is 35.6 Å². The van der Waals surface area contributed by atoms with E-state index in [0.29, 0.717) is 11.3 Å². The highest BCUT2D eigenvalue weighted by atomic mass is 127. The molecule has 1 unspecified atom stereocenters. The third-order valence-electron chi connectivity index (χ3n) is 6.74. The quantitative estimate of drug-likeness (QED) is 0.363. The summed E-state index contributed by atoms with van der Waals surface area (Å²) in [6, 6.07) is 8.19. The molecule has 5 nitrogen and oxygen atoms in total. The van der Waals surface area contributed by atoms with E-state index < -0.39 is 0 Å². The van der Waals surface area contributed by atoms with Crippen molar-refractivity contribution in [3.8, 4) is 0 Å². The minimum absolute atomic E-state index is 0. The molecule has 1 N–H and O–H groups in total. The fourth-order valence-electron chi connectivity index (χ4n) is 4.87. The van der Waals surface area contributed by atoms with Crippen molar-refractivity contribution >= 4 is 41.5 Å². The number of hydrogen-bond donors (Lipinski definition) is 1. The summed E-state index contributed by atoms with van der Waals surface area (Å²) in [5.41, 5.74) is 1.61. The van der Waals surface area contributed by atoms with Crippen molar-refractivity contribution < 1.29 is 4.74 Å². The fraction of sp³-hybridized carbons (Fsp3) is 0.682. The van der Waals surface area contributed by atoms with E-state index in [-0.39, 0.29) is 24.0 Å². The van der Waals surface area contributed by atoms with Crippen LogP contribution in [0.5, 0.6) is 0 Å². The van der Waals surface area contributed by atoms with Gasteiger partial charge in [-0.2, -0.15) is 0 Å². The standard InChI is InChI=1S/C22H33ClN4O.HI/c1-24-21(27-12-8-22(16-27)9-13-28-17-22)25-14-18-6-10-26(11-7-18)15-19-4-2-3-5-20(19)23;/h2-5,18H,6-17H2,1H3,(H,24,25);1H. The maximum Gasteiger partial charge on any atom is 0.193 e. The number of ether oxygens (including phenoxy) is 1. The zero-order valence-electron chi connectivity index (χ0n) is 17.4. The number of piperidine rings is 1. The van der Waals surface area contributed by atoms with Crippen molar-refractivity contribution in [2.45, 2.75) is 32.2 Å². The van der Waals surface area contributed by atoms with Gasteiger partial charge in [0.1, 0.15) is 0 Å². The van der Waals surface area contributed by atoms with Crippen LogP contribution in [0.2, 0.25) is 5.02 Å². The largest absolute Gasteiger partial charge is 0.381 e. The molecule has 162 valence electrons. The van der Waals surface area contributed by atoms with Crippen molar-refractivity contribution in [1.82, 2.24) is 15.1 Å². The topological polar surface area (TPSA) is 40.1 Å². The van der Waals surface area contributed by atoms with Crippen molar-refractivity contribution in [3.05, 3.63) is 34.9 Å². The summed E-state index contributed by atoms with van der Waals surface area (Å²) in [5, 5.41) is 4.54. The summed E-state index contributed by atoms with van der Waals surface area (Å²) in [6.45, 7) is 8.28. The minimum atomic E-state index is 0. The molecule has 4 rings (SSSR count). The van der Waals surface area contributed by atoms with E-state index in [9.17, 15) is 0 Å². The first-order valence-corrected chi connectivity index (χ1v) is 11.0. The first-order valence-electron chi connectivity index (χ1n) is 10.7. The van der Waals surface area contributed by atoms with Crippen LogP contribution in [0.4, 0.5) is 0 Å². The van der Waals surface area contributed by atoms with Gasteiger partial charge in [0.15, 0.2) is 5.96 Å². The Bertz CT molecular complexity index is 687. The van der Waals surface area contributed by atoms with Gasteiger partial charge in [0.05, 0.1) is 6.61 Å². The van der Waals surface area contributed by atoms with E-state index >= 15 is 0 Å². The molecule has 0 saturated carbocycles. The highest BCUT2D eigenvalue weighted by Crippen LogP contribution is 2.38. The number of halogens is 2. The van der Waals surface area contributed by atoms with Gasteiger partial charge in [-0.1, -0.05) is 29.8 Å². The number of nitrogens with zero attached hydrogens (tertiary/aromatic N) is 3. The van der Waals surface area contributed by atoms with Crippen molar-refractivity contribution in [1.29, 1.82) is 0 Å². The molecule has 7 heteroatoms. The Balaban J connectivity index is 0.00000240. The highest BCUT2D eigenvalue weighted by Gasteiger charge is 2.42. The summed E-state index contributed by atoms with van der Waals surface area (Å²) >= 11 is 6.32. The predicted molar refractivity (Wildman–Crippen MR) is 130 cm³/mol. The SMILES string of the molecule is CN=C(NCC1CCN(Cc2ccccc2Cl)CC1)N1CCC2(CCOC2)C1.I. The number of likely N-dealkylation sites (tertiary alicyclic amines) is 2. The molecule has 3 saturated heterocycles. The van der Waals surface area contributed by atoms with Gasteiger partial charge in [-0.05, 0) is 56.3 Å². The van der Waals surface area contributed by atoms with Crippen LogP contribution in [0, 0.1) is 11.3 Å². The van der Waals surface area contributed by atoms with E-state index in [0.717, 1.165) is 63.5 Å². The number of benzene rings is 1. The van der Waals surface area contributed by atoms with Gasteiger partial charge >= 0.3 is 0 Å². The third-order valence-corrected chi connectivity index (χ3v) is 7.11. The molecule has 1 spiro atoms. The maximum atomic E-state index is 6.32. The first kappa shape index (κ1) is 23.1. The summed E-state index contributed by atoms with van der Waals surface area (Å²) < 4.78 is 5.66. The van der Waals surface area contributed by atoms with Gasteiger partial charge in [0, 0.05) is 50.3 Å². The molecule has 3 aliphatic rings. The molecule has 0 aromatic heterocycles. The van der Waals surface area contributed by atoms with Crippen LogP contribution in [0.15, 0.2) is 29.3 Å². The Morgan fingerprint density at radius 2 is 2.03 bits per heavy atom. The van der Waals surface area contributed by atoms with Crippen LogP contribution in [0.1, 0.15) is 31.2 Å². The molecule has 3 aliphatic heterocycles. The Morgan fingerprint density at radius 1 is 1.24 bits per heavy atom. The third kappa shape index (κ3) is 5.77. The van der Waals surface area contributed by atoms with Crippen LogP contribution < -0.4 is 5.32 Å². The summed E-state index contributed by atoms with van der Waals surface area (Å²) in [5.74, 6) is 1.79. The van der Waals surface area contributed by atoms with E-state index in [1.165, 1.54) is 31.2 Å². The second-order valence-electron chi connectivity index (χ2n) is 8.71. The second kappa shape index (κ2) is 10.6. The minimum Gasteiger partial charge on any atom is -0.381 e. The predicted octanol–water partition coefficient (Wildman–Crippen LogP) is 3.86. The lowest BCUT2D eigenvalue weighted by atomic mass is 9.87. The molecule has 0 amide bonds. The van der Waals surface area contributed by atoms with Gasteiger partial charge < -0.3 is 15.0 Å². The number of aliphatic imine (C=N–C) groups is 1. The van der Waals surface area contributed by atoms with Crippen molar-refractivity contribution in [2.75, 3.05) is 53.0 Å². The maximum absolute atomic E-state index is 6.32. The van der Waals surface area contributed by atoms with E-state index in [4.69, 9.17) is 16.3 Å². The molecule has 29 heavy (non-hydrogen) atoms. The zero-order chi connectivity index (χ0) is 19.4. The number of rotatable bonds is 4.